The molecule has 0 aromatic rings. The van der Waals surface area contributed by atoms with Crippen LogP contribution in [-0.2, 0) is 4.74 Å². The first kappa shape index (κ1) is 13.4. The summed E-state index contributed by atoms with van der Waals surface area (Å²) >= 11 is 3.99. The highest BCUT2D eigenvalue weighted by Gasteiger charge is 2.43. The molecule has 0 aromatic heterocycles. The fourth-order valence-corrected chi connectivity index (χ4v) is 5.01. The van der Waals surface area contributed by atoms with Crippen molar-refractivity contribution in [3.63, 3.8) is 0 Å². The third-order valence-corrected chi connectivity index (χ3v) is 6.06. The van der Waals surface area contributed by atoms with Crippen molar-refractivity contribution in [2.24, 2.45) is 17.8 Å². The number of nitrogens with one attached hydrogen (secondary N) is 1. The highest BCUT2D eigenvalue weighted by Crippen LogP contribution is 2.44. The molecule has 2 nitrogen and oxygen atoms in total. The maximum absolute atomic E-state index is 6.22. The number of rotatable bonds is 0. The van der Waals surface area contributed by atoms with E-state index < -0.39 is 0 Å². The summed E-state index contributed by atoms with van der Waals surface area (Å²) in [5.74, 6) is 2.48. The molecule has 0 aromatic carbocycles. The molecule has 1 aliphatic carbocycles. The first-order chi connectivity index (χ1) is 8.66. The number of hydrogen-bond acceptors (Lipinski definition) is 2. The zero-order chi connectivity index (χ0) is 12.6. The van der Waals surface area contributed by atoms with E-state index in [2.05, 4.69) is 28.2 Å². The normalized spacial score (nSPS) is 49.7. The number of alkyl halides is 1. The highest BCUT2D eigenvalue weighted by atomic mass is 79.9. The minimum absolute atomic E-state index is 0.331. The number of fused-ring (bicyclic) bond motifs is 3. The number of halogens is 1. The van der Waals surface area contributed by atoms with Gasteiger partial charge in [0.25, 0.3) is 0 Å². The molecule has 5 unspecified atom stereocenters. The maximum atomic E-state index is 6.22. The molecule has 104 valence electrons. The Balaban J connectivity index is 1.81. The van der Waals surface area contributed by atoms with Gasteiger partial charge in [0.05, 0.1) is 6.10 Å². The van der Waals surface area contributed by atoms with Gasteiger partial charge in [-0.3, -0.25) is 0 Å². The van der Waals surface area contributed by atoms with Gasteiger partial charge in [-0.05, 0) is 63.5 Å². The molecule has 0 amide bonds. The standard InChI is InChI=1S/C15H26BrNO/c1-15(16)6-3-2-4-14-12(8-15)13-10-17-9-11(13)5-7-18-14/h11-14,17H,2-10H2,1H3. The van der Waals surface area contributed by atoms with Crippen LogP contribution in [0.15, 0.2) is 0 Å². The Labute approximate surface area is 119 Å². The van der Waals surface area contributed by atoms with E-state index in [-0.39, 0.29) is 0 Å². The van der Waals surface area contributed by atoms with Crippen molar-refractivity contribution in [2.45, 2.75) is 55.9 Å². The fraction of sp³-hybridized carbons (Fsp3) is 1.00. The van der Waals surface area contributed by atoms with Crippen molar-refractivity contribution < 1.29 is 4.74 Å². The van der Waals surface area contributed by atoms with Crippen molar-refractivity contribution in [3.05, 3.63) is 0 Å². The van der Waals surface area contributed by atoms with E-state index in [1.165, 1.54) is 51.6 Å². The topological polar surface area (TPSA) is 21.3 Å². The molecular weight excluding hydrogens is 290 g/mol. The molecule has 2 heterocycles. The Morgan fingerprint density at radius 2 is 2.06 bits per heavy atom. The molecule has 1 saturated carbocycles. The summed E-state index contributed by atoms with van der Waals surface area (Å²) < 4.78 is 6.55. The molecule has 0 spiro atoms. The van der Waals surface area contributed by atoms with Crippen molar-refractivity contribution >= 4 is 15.9 Å². The molecule has 3 heteroatoms. The van der Waals surface area contributed by atoms with Crippen LogP contribution in [0.5, 0.6) is 0 Å². The van der Waals surface area contributed by atoms with Crippen LogP contribution in [0.3, 0.4) is 0 Å². The molecule has 2 aliphatic heterocycles. The molecule has 2 saturated heterocycles. The fourth-order valence-electron chi connectivity index (χ4n) is 4.35. The van der Waals surface area contributed by atoms with Crippen molar-refractivity contribution in [2.75, 3.05) is 19.7 Å². The monoisotopic (exact) mass is 315 g/mol. The third kappa shape index (κ3) is 2.78. The molecule has 18 heavy (non-hydrogen) atoms. The molecule has 3 aliphatic rings. The van der Waals surface area contributed by atoms with Crippen molar-refractivity contribution in [1.29, 1.82) is 0 Å². The first-order valence-electron chi connectivity index (χ1n) is 7.67. The second-order valence-electron chi connectivity index (χ2n) is 6.81. The number of ether oxygens (including phenoxy) is 1. The average molecular weight is 316 g/mol. The molecule has 3 fully saturated rings. The minimum Gasteiger partial charge on any atom is -0.378 e. The van der Waals surface area contributed by atoms with Crippen LogP contribution in [0.4, 0.5) is 0 Å². The highest BCUT2D eigenvalue weighted by molar-refractivity contribution is 9.10. The van der Waals surface area contributed by atoms with Crippen LogP contribution in [-0.4, -0.2) is 30.1 Å². The second kappa shape index (κ2) is 5.41. The van der Waals surface area contributed by atoms with Gasteiger partial charge >= 0.3 is 0 Å². The summed E-state index contributed by atoms with van der Waals surface area (Å²) in [6, 6.07) is 0. The Bertz CT molecular complexity index is 292. The summed E-state index contributed by atoms with van der Waals surface area (Å²) in [7, 11) is 0. The summed E-state index contributed by atoms with van der Waals surface area (Å²) in [5.41, 5.74) is 0. The smallest absolute Gasteiger partial charge is 0.0607 e. The van der Waals surface area contributed by atoms with Gasteiger partial charge in [0.2, 0.25) is 0 Å². The van der Waals surface area contributed by atoms with Gasteiger partial charge in [-0.15, -0.1) is 0 Å². The molecule has 1 N–H and O–H groups in total. The lowest BCUT2D eigenvalue weighted by Crippen LogP contribution is -2.37. The van der Waals surface area contributed by atoms with Gasteiger partial charge in [0.15, 0.2) is 0 Å². The maximum Gasteiger partial charge on any atom is 0.0607 e. The Hall–Kier alpha value is 0.400. The molecule has 0 bridgehead atoms. The molecule has 5 atom stereocenters. The lowest BCUT2D eigenvalue weighted by Gasteiger charge is -2.38. The second-order valence-corrected chi connectivity index (χ2v) is 8.72. The van der Waals surface area contributed by atoms with Gasteiger partial charge in [-0.25, -0.2) is 0 Å². The Kier molecular flexibility index (Phi) is 4.03. The van der Waals surface area contributed by atoms with E-state index in [4.69, 9.17) is 4.74 Å². The van der Waals surface area contributed by atoms with Crippen LogP contribution < -0.4 is 5.32 Å². The minimum atomic E-state index is 0.331. The van der Waals surface area contributed by atoms with Crippen LogP contribution >= 0.6 is 15.9 Å². The van der Waals surface area contributed by atoms with Gasteiger partial charge in [0.1, 0.15) is 0 Å². The Morgan fingerprint density at radius 1 is 1.17 bits per heavy atom. The first-order valence-corrected chi connectivity index (χ1v) is 8.46. The Morgan fingerprint density at radius 3 is 2.94 bits per heavy atom. The van der Waals surface area contributed by atoms with Crippen LogP contribution in [0.25, 0.3) is 0 Å². The summed E-state index contributed by atoms with van der Waals surface area (Å²) in [5, 5.41) is 3.62. The van der Waals surface area contributed by atoms with Crippen molar-refractivity contribution in [1.82, 2.24) is 5.32 Å². The van der Waals surface area contributed by atoms with Crippen LogP contribution in [0.1, 0.15) is 45.4 Å². The summed E-state index contributed by atoms with van der Waals surface area (Å²) in [4.78, 5) is 0. The zero-order valence-electron chi connectivity index (χ0n) is 11.5. The van der Waals surface area contributed by atoms with Crippen molar-refractivity contribution in [3.8, 4) is 0 Å². The third-order valence-electron chi connectivity index (χ3n) is 5.34. The van der Waals surface area contributed by atoms with Crippen LogP contribution in [0, 0.1) is 17.8 Å². The largest absolute Gasteiger partial charge is 0.378 e. The van der Waals surface area contributed by atoms with Crippen LogP contribution in [0.2, 0.25) is 0 Å². The van der Waals surface area contributed by atoms with E-state index in [0.717, 1.165) is 24.4 Å². The van der Waals surface area contributed by atoms with Gasteiger partial charge in [-0.2, -0.15) is 0 Å². The number of hydrogen-bond donors (Lipinski definition) is 1. The van der Waals surface area contributed by atoms with Gasteiger partial charge in [-0.1, -0.05) is 28.8 Å². The van der Waals surface area contributed by atoms with E-state index in [0.29, 0.717) is 10.4 Å². The summed E-state index contributed by atoms with van der Waals surface area (Å²) in [6.07, 6.45) is 8.38. The van der Waals surface area contributed by atoms with E-state index in [9.17, 15) is 0 Å². The van der Waals surface area contributed by atoms with Gasteiger partial charge in [0, 0.05) is 10.9 Å². The quantitative estimate of drug-likeness (QED) is 0.692. The summed E-state index contributed by atoms with van der Waals surface area (Å²) in [6.45, 7) is 5.81. The zero-order valence-corrected chi connectivity index (χ0v) is 13.0. The van der Waals surface area contributed by atoms with E-state index >= 15 is 0 Å². The van der Waals surface area contributed by atoms with E-state index in [1.54, 1.807) is 0 Å². The molecular formula is C15H26BrNO. The lowest BCUT2D eigenvalue weighted by atomic mass is 9.73. The van der Waals surface area contributed by atoms with E-state index in [1.807, 2.05) is 0 Å². The lowest BCUT2D eigenvalue weighted by molar-refractivity contribution is -0.00293. The average Bonchev–Trinajstić information content (AvgIpc) is 2.70. The SMILES string of the molecule is CC1(Br)CCCCC2OCCC3CNCC3C2C1. The van der Waals surface area contributed by atoms with Gasteiger partial charge < -0.3 is 10.1 Å². The predicted octanol–water partition coefficient (Wildman–Crippen LogP) is 3.34. The molecule has 0 radical (unpaired) electrons. The predicted molar refractivity (Wildman–Crippen MR) is 78.1 cm³/mol. The molecule has 3 rings (SSSR count).